The highest BCUT2D eigenvalue weighted by Crippen LogP contribution is 2.25. The number of halogens is 2. The molecule has 2 rings (SSSR count). The van der Waals surface area contributed by atoms with E-state index in [1.807, 2.05) is 0 Å². The summed E-state index contributed by atoms with van der Waals surface area (Å²) in [6.07, 6.45) is 2.43. The first-order valence-corrected chi connectivity index (χ1v) is 9.40. The van der Waals surface area contributed by atoms with Gasteiger partial charge in [0.2, 0.25) is 0 Å². The average Bonchev–Trinajstić information content (AvgIpc) is 2.54. The molecule has 0 unspecified atom stereocenters. The lowest BCUT2D eigenvalue weighted by molar-refractivity contribution is -0.119. The second kappa shape index (κ2) is 7.81. The molecule has 0 radical (unpaired) electrons. The van der Waals surface area contributed by atoms with Crippen LogP contribution in [0.5, 0.6) is 0 Å². The predicted octanol–water partition coefficient (Wildman–Crippen LogP) is 2.59. The van der Waals surface area contributed by atoms with Gasteiger partial charge in [-0.1, -0.05) is 23.2 Å². The van der Waals surface area contributed by atoms with E-state index in [0.29, 0.717) is 0 Å². The van der Waals surface area contributed by atoms with Crippen molar-refractivity contribution < 1.29 is 22.7 Å². The van der Waals surface area contributed by atoms with Crippen molar-refractivity contribution in [2.45, 2.75) is 4.90 Å². The maximum atomic E-state index is 11.9. The number of sulfone groups is 1. The maximum absolute atomic E-state index is 11.9. The molecule has 0 saturated heterocycles. The van der Waals surface area contributed by atoms with Crippen molar-refractivity contribution in [1.82, 2.24) is 4.98 Å². The summed E-state index contributed by atoms with van der Waals surface area (Å²) in [6.45, 7) is -0.608. The summed E-state index contributed by atoms with van der Waals surface area (Å²) in [6, 6.07) is 6.78. The lowest BCUT2D eigenvalue weighted by atomic mass is 10.3. The number of pyridine rings is 1. The lowest BCUT2D eigenvalue weighted by Gasteiger charge is -2.09. The monoisotopic (exact) mass is 402 g/mol. The normalized spacial score (nSPS) is 11.0. The van der Waals surface area contributed by atoms with Gasteiger partial charge in [-0.2, -0.15) is 0 Å². The first-order chi connectivity index (χ1) is 11.7. The minimum atomic E-state index is -3.46. The second-order valence-corrected chi connectivity index (χ2v) is 7.66. The molecule has 1 aromatic heterocycles. The van der Waals surface area contributed by atoms with E-state index in [4.69, 9.17) is 27.9 Å². The number of ether oxygens (including phenoxy) is 1. The number of nitrogens with one attached hydrogen (secondary N) is 1. The number of carbonyl (C=O) groups is 2. The molecule has 0 bridgehead atoms. The number of esters is 1. The van der Waals surface area contributed by atoms with Crippen molar-refractivity contribution in [3.05, 3.63) is 52.3 Å². The Balaban J connectivity index is 2.04. The van der Waals surface area contributed by atoms with Gasteiger partial charge in [-0.15, -0.1) is 0 Å². The molecule has 132 valence electrons. The van der Waals surface area contributed by atoms with Crippen LogP contribution in [0.25, 0.3) is 0 Å². The molecule has 0 spiro atoms. The van der Waals surface area contributed by atoms with E-state index < -0.39 is 28.3 Å². The van der Waals surface area contributed by atoms with Crippen molar-refractivity contribution in [3.8, 4) is 0 Å². The third-order valence-electron chi connectivity index (χ3n) is 2.95. The van der Waals surface area contributed by atoms with E-state index in [2.05, 4.69) is 10.3 Å². The predicted molar refractivity (Wildman–Crippen MR) is 92.7 cm³/mol. The molecule has 0 atom stereocenters. The Bertz CT molecular complexity index is 931. The van der Waals surface area contributed by atoms with Gasteiger partial charge in [-0.3, -0.25) is 4.79 Å². The lowest BCUT2D eigenvalue weighted by Crippen LogP contribution is -2.21. The first-order valence-electron chi connectivity index (χ1n) is 6.75. The van der Waals surface area contributed by atoms with Crippen LogP contribution in [0, 0.1) is 0 Å². The van der Waals surface area contributed by atoms with Gasteiger partial charge in [0.05, 0.1) is 21.2 Å². The standard InChI is InChI=1S/C15H12Cl2N2O5S/c1-25(22,23)9-4-5-11(16)12(7-9)19-13(20)8-24-15(21)10-3-2-6-18-14(10)17/h2-7H,8H2,1H3,(H,19,20). The molecule has 7 nitrogen and oxygen atoms in total. The third-order valence-corrected chi connectivity index (χ3v) is 4.69. The van der Waals surface area contributed by atoms with Crippen LogP contribution in [0.4, 0.5) is 5.69 Å². The highest BCUT2D eigenvalue weighted by molar-refractivity contribution is 7.90. The highest BCUT2D eigenvalue weighted by atomic mass is 35.5. The van der Waals surface area contributed by atoms with Crippen molar-refractivity contribution in [1.29, 1.82) is 0 Å². The van der Waals surface area contributed by atoms with Gasteiger partial charge in [0, 0.05) is 12.5 Å². The smallest absolute Gasteiger partial charge is 0.341 e. The number of nitrogens with zero attached hydrogens (tertiary/aromatic N) is 1. The number of benzene rings is 1. The van der Waals surface area contributed by atoms with Crippen molar-refractivity contribution in [2.75, 3.05) is 18.2 Å². The second-order valence-electron chi connectivity index (χ2n) is 4.88. The van der Waals surface area contributed by atoms with Crippen molar-refractivity contribution in [3.63, 3.8) is 0 Å². The Morgan fingerprint density at radius 2 is 1.96 bits per heavy atom. The van der Waals surface area contributed by atoms with Gasteiger partial charge in [-0.05, 0) is 30.3 Å². The minimum Gasteiger partial charge on any atom is -0.452 e. The molecular formula is C15H12Cl2N2O5S. The fourth-order valence-electron chi connectivity index (χ4n) is 1.76. The van der Waals surface area contributed by atoms with Gasteiger partial charge in [-0.25, -0.2) is 18.2 Å². The molecule has 0 aliphatic carbocycles. The average molecular weight is 403 g/mol. The fraction of sp³-hybridized carbons (Fsp3) is 0.133. The minimum absolute atomic E-state index is 0.00802. The number of aromatic nitrogens is 1. The summed E-state index contributed by atoms with van der Waals surface area (Å²) in [7, 11) is -3.46. The number of hydrogen-bond acceptors (Lipinski definition) is 6. The van der Waals surface area contributed by atoms with Crippen LogP contribution in [0.3, 0.4) is 0 Å². The van der Waals surface area contributed by atoms with Crippen LogP contribution in [0.1, 0.15) is 10.4 Å². The number of rotatable bonds is 5. The van der Waals surface area contributed by atoms with Crippen LogP contribution in [0.15, 0.2) is 41.4 Å². The molecule has 10 heteroatoms. The molecule has 1 heterocycles. The van der Waals surface area contributed by atoms with Crippen molar-refractivity contribution >= 4 is 50.6 Å². The number of hydrogen-bond donors (Lipinski definition) is 1. The van der Waals surface area contributed by atoms with Crippen molar-refractivity contribution in [2.24, 2.45) is 0 Å². The van der Waals surface area contributed by atoms with Crippen LogP contribution in [-0.4, -0.2) is 38.1 Å². The Labute approximate surface area is 153 Å². The Morgan fingerprint density at radius 3 is 2.60 bits per heavy atom. The van der Waals surface area contributed by atoms with Gasteiger partial charge >= 0.3 is 5.97 Å². The van der Waals surface area contributed by atoms with Crippen LogP contribution in [0.2, 0.25) is 10.2 Å². The zero-order valence-electron chi connectivity index (χ0n) is 12.8. The number of amides is 1. The number of carbonyl (C=O) groups excluding carboxylic acids is 2. The molecule has 0 fully saturated rings. The molecular weight excluding hydrogens is 391 g/mol. The quantitative estimate of drug-likeness (QED) is 0.608. The van der Waals surface area contributed by atoms with Gasteiger partial charge in [0.1, 0.15) is 5.15 Å². The van der Waals surface area contributed by atoms with E-state index in [1.54, 1.807) is 0 Å². The topological polar surface area (TPSA) is 102 Å². The summed E-state index contributed by atoms with van der Waals surface area (Å²) in [5.41, 5.74) is 0.110. The molecule has 1 aromatic carbocycles. The fourth-order valence-corrected chi connectivity index (χ4v) is 2.77. The Morgan fingerprint density at radius 1 is 1.24 bits per heavy atom. The molecule has 0 aliphatic rings. The van der Waals surface area contributed by atoms with E-state index in [9.17, 15) is 18.0 Å². The maximum Gasteiger partial charge on any atom is 0.341 e. The molecule has 1 N–H and O–H groups in total. The molecule has 25 heavy (non-hydrogen) atoms. The molecule has 2 aromatic rings. The highest BCUT2D eigenvalue weighted by Gasteiger charge is 2.16. The Kier molecular flexibility index (Phi) is 5.99. The Hall–Kier alpha value is -2.16. The number of anilines is 1. The van der Waals surface area contributed by atoms with Crippen LogP contribution in [-0.2, 0) is 19.4 Å². The zero-order chi connectivity index (χ0) is 18.6. The molecule has 0 saturated carbocycles. The van der Waals surface area contributed by atoms with E-state index in [0.717, 1.165) is 6.26 Å². The SMILES string of the molecule is CS(=O)(=O)c1ccc(Cl)c(NC(=O)COC(=O)c2cccnc2Cl)c1. The summed E-state index contributed by atoms with van der Waals surface area (Å²) in [4.78, 5) is 27.5. The first kappa shape index (κ1) is 19.2. The van der Waals surface area contributed by atoms with E-state index >= 15 is 0 Å². The zero-order valence-corrected chi connectivity index (χ0v) is 15.2. The van der Waals surface area contributed by atoms with E-state index in [1.165, 1.54) is 36.5 Å². The summed E-state index contributed by atoms with van der Waals surface area (Å²) in [5.74, 6) is -1.51. The molecule has 0 aliphatic heterocycles. The largest absolute Gasteiger partial charge is 0.452 e. The van der Waals surface area contributed by atoms with E-state index in [-0.39, 0.29) is 26.3 Å². The van der Waals surface area contributed by atoms with Gasteiger partial charge < -0.3 is 10.1 Å². The summed E-state index contributed by atoms with van der Waals surface area (Å²) >= 11 is 11.7. The van der Waals surface area contributed by atoms with Crippen LogP contribution < -0.4 is 5.32 Å². The van der Waals surface area contributed by atoms with Gasteiger partial charge in [0.15, 0.2) is 16.4 Å². The van der Waals surface area contributed by atoms with Gasteiger partial charge in [0.25, 0.3) is 5.91 Å². The summed E-state index contributed by atoms with van der Waals surface area (Å²) < 4.78 is 27.9. The third kappa shape index (κ3) is 5.15. The van der Waals surface area contributed by atoms with Crippen LogP contribution >= 0.6 is 23.2 Å². The molecule has 1 amide bonds. The summed E-state index contributed by atoms with van der Waals surface area (Å²) in [5, 5.41) is 2.48.